The Bertz CT molecular complexity index is 1250. The molecule has 2 N–H and O–H groups in total. The summed E-state index contributed by atoms with van der Waals surface area (Å²) in [5, 5.41) is 18.1. The molecule has 0 fully saturated rings. The minimum atomic E-state index is -0.366. The fourth-order valence-corrected chi connectivity index (χ4v) is 4.63. The number of halogens is 1. The molecule has 1 aliphatic rings. The van der Waals surface area contributed by atoms with Crippen molar-refractivity contribution in [1.29, 1.82) is 0 Å². The summed E-state index contributed by atoms with van der Waals surface area (Å²) in [6.45, 7) is 4.20. The van der Waals surface area contributed by atoms with Crippen LogP contribution in [0.5, 0.6) is 5.75 Å². The molecule has 156 valence electrons. The first-order valence-electron chi connectivity index (χ1n) is 9.91. The Morgan fingerprint density at radius 2 is 1.97 bits per heavy atom. The number of aromatic amines is 1. The Hall–Kier alpha value is -3.32. The van der Waals surface area contributed by atoms with Crippen molar-refractivity contribution in [1.82, 2.24) is 15.1 Å². The molecule has 1 aliphatic heterocycles. The summed E-state index contributed by atoms with van der Waals surface area (Å²) in [5.74, 6) is 0.699. The van der Waals surface area contributed by atoms with Crippen molar-refractivity contribution in [3.63, 3.8) is 0 Å². The van der Waals surface area contributed by atoms with Crippen LogP contribution in [0.4, 0.5) is 0 Å². The summed E-state index contributed by atoms with van der Waals surface area (Å²) in [6.07, 6.45) is 1.60. The van der Waals surface area contributed by atoms with Gasteiger partial charge < -0.3 is 14.4 Å². The van der Waals surface area contributed by atoms with Crippen molar-refractivity contribution in [2.45, 2.75) is 26.4 Å². The SMILES string of the molecule is Cc1cc(C)c(-c2n[nH]c3c2[C@@H](c2ccc(Br)cc2)N(Cc2ccco2)C3=O)c(O)c1. The third-order valence-corrected chi connectivity index (χ3v) is 6.18. The van der Waals surface area contributed by atoms with Crippen molar-refractivity contribution in [3.05, 3.63) is 93.0 Å². The van der Waals surface area contributed by atoms with Crippen LogP contribution >= 0.6 is 15.9 Å². The van der Waals surface area contributed by atoms with Gasteiger partial charge in [-0.15, -0.1) is 0 Å². The normalized spacial score (nSPS) is 15.5. The molecule has 6 nitrogen and oxygen atoms in total. The zero-order chi connectivity index (χ0) is 21.7. The number of amides is 1. The van der Waals surface area contributed by atoms with E-state index in [4.69, 9.17) is 4.42 Å². The molecule has 2 aromatic heterocycles. The topological polar surface area (TPSA) is 82.4 Å². The molecule has 0 spiro atoms. The monoisotopic (exact) mass is 477 g/mol. The van der Waals surface area contributed by atoms with Crippen LogP contribution in [0.15, 0.2) is 63.7 Å². The van der Waals surface area contributed by atoms with Crippen LogP contribution in [0.2, 0.25) is 0 Å². The molecule has 0 radical (unpaired) electrons. The lowest BCUT2D eigenvalue weighted by Gasteiger charge is -2.26. The van der Waals surface area contributed by atoms with Crippen molar-refractivity contribution in [2.75, 3.05) is 0 Å². The van der Waals surface area contributed by atoms with E-state index in [0.29, 0.717) is 29.3 Å². The Labute approximate surface area is 187 Å². The van der Waals surface area contributed by atoms with Crippen LogP contribution in [0, 0.1) is 13.8 Å². The minimum Gasteiger partial charge on any atom is -0.507 e. The first-order chi connectivity index (χ1) is 14.9. The van der Waals surface area contributed by atoms with E-state index in [1.165, 1.54) is 0 Å². The smallest absolute Gasteiger partial charge is 0.273 e. The van der Waals surface area contributed by atoms with Gasteiger partial charge in [-0.05, 0) is 60.9 Å². The van der Waals surface area contributed by atoms with Gasteiger partial charge in [0.1, 0.15) is 22.9 Å². The summed E-state index contributed by atoms with van der Waals surface area (Å²) in [5.41, 5.74) is 5.25. The van der Waals surface area contributed by atoms with E-state index < -0.39 is 0 Å². The number of furan rings is 1. The van der Waals surface area contributed by atoms with Crippen molar-refractivity contribution >= 4 is 21.8 Å². The quantitative estimate of drug-likeness (QED) is 0.406. The second kappa shape index (κ2) is 7.42. The van der Waals surface area contributed by atoms with E-state index in [9.17, 15) is 9.90 Å². The van der Waals surface area contributed by atoms with E-state index in [-0.39, 0.29) is 17.7 Å². The van der Waals surface area contributed by atoms with Crippen LogP contribution < -0.4 is 0 Å². The highest BCUT2D eigenvalue weighted by molar-refractivity contribution is 9.10. The number of aromatic hydroxyl groups is 1. The van der Waals surface area contributed by atoms with Gasteiger partial charge in [-0.2, -0.15) is 5.10 Å². The molecule has 0 aliphatic carbocycles. The molecule has 2 aromatic carbocycles. The molecule has 7 heteroatoms. The first kappa shape index (κ1) is 19.6. The highest BCUT2D eigenvalue weighted by Gasteiger charge is 2.43. The highest BCUT2D eigenvalue weighted by atomic mass is 79.9. The van der Waals surface area contributed by atoms with Crippen LogP contribution in [-0.2, 0) is 6.54 Å². The van der Waals surface area contributed by atoms with Gasteiger partial charge in [0.15, 0.2) is 0 Å². The number of nitrogens with zero attached hydrogens (tertiary/aromatic N) is 2. The summed E-state index contributed by atoms with van der Waals surface area (Å²) in [7, 11) is 0. The summed E-state index contributed by atoms with van der Waals surface area (Å²) in [6, 6.07) is 14.9. The number of carbonyl (C=O) groups excluding carboxylic acids is 1. The van der Waals surface area contributed by atoms with Gasteiger partial charge in [0.25, 0.3) is 5.91 Å². The van der Waals surface area contributed by atoms with E-state index >= 15 is 0 Å². The Kier molecular flexibility index (Phi) is 4.70. The summed E-state index contributed by atoms with van der Waals surface area (Å²) in [4.78, 5) is 15.2. The average molecular weight is 478 g/mol. The number of aryl methyl sites for hydroxylation is 2. The fraction of sp³-hybridized carbons (Fsp3) is 0.167. The standard InChI is InChI=1S/C24H20BrN3O3/c1-13-10-14(2)19(18(29)11-13)21-20-22(27-26-21)24(30)28(12-17-4-3-9-31-17)23(20)15-5-7-16(25)8-6-15/h3-11,23,29H,12H2,1-2H3,(H,26,27)/t23-/m1/s1. The predicted molar refractivity (Wildman–Crippen MR) is 120 cm³/mol. The number of hydrogen-bond donors (Lipinski definition) is 2. The number of H-pyrrole nitrogens is 1. The number of phenols is 1. The molecule has 1 atom stereocenters. The second-order valence-electron chi connectivity index (χ2n) is 7.80. The zero-order valence-electron chi connectivity index (χ0n) is 17.0. The van der Waals surface area contributed by atoms with Crippen molar-refractivity contribution < 1.29 is 14.3 Å². The largest absolute Gasteiger partial charge is 0.507 e. The molecular formula is C24H20BrN3O3. The molecule has 0 saturated carbocycles. The third-order valence-electron chi connectivity index (χ3n) is 5.65. The number of hydrogen-bond acceptors (Lipinski definition) is 4. The van der Waals surface area contributed by atoms with Crippen molar-refractivity contribution in [2.24, 2.45) is 0 Å². The van der Waals surface area contributed by atoms with Gasteiger partial charge >= 0.3 is 0 Å². The van der Waals surface area contributed by atoms with Crippen LogP contribution in [0.3, 0.4) is 0 Å². The zero-order valence-corrected chi connectivity index (χ0v) is 18.6. The number of nitrogens with one attached hydrogen (secondary N) is 1. The molecule has 0 bridgehead atoms. The van der Waals surface area contributed by atoms with Crippen LogP contribution in [-0.4, -0.2) is 26.1 Å². The molecule has 4 aromatic rings. The van der Waals surface area contributed by atoms with Gasteiger partial charge in [-0.1, -0.05) is 34.1 Å². The van der Waals surface area contributed by atoms with Gasteiger partial charge in [-0.25, -0.2) is 0 Å². The lowest BCUT2D eigenvalue weighted by Crippen LogP contribution is -2.29. The molecule has 1 amide bonds. The minimum absolute atomic E-state index is 0.151. The van der Waals surface area contributed by atoms with Crippen LogP contribution in [0.25, 0.3) is 11.3 Å². The maximum atomic E-state index is 13.4. The number of aromatic nitrogens is 2. The molecule has 3 heterocycles. The van der Waals surface area contributed by atoms with Gasteiger partial charge in [-0.3, -0.25) is 9.89 Å². The van der Waals surface area contributed by atoms with Crippen molar-refractivity contribution in [3.8, 4) is 17.0 Å². The fourth-order valence-electron chi connectivity index (χ4n) is 4.37. The number of benzene rings is 2. The molecular weight excluding hydrogens is 458 g/mol. The Morgan fingerprint density at radius 3 is 2.65 bits per heavy atom. The van der Waals surface area contributed by atoms with Crippen LogP contribution in [0.1, 0.15) is 44.5 Å². The summed E-state index contributed by atoms with van der Waals surface area (Å²) >= 11 is 3.48. The number of carbonyl (C=O) groups is 1. The maximum absolute atomic E-state index is 13.4. The maximum Gasteiger partial charge on any atom is 0.273 e. The number of fused-ring (bicyclic) bond motifs is 1. The van der Waals surface area contributed by atoms with Gasteiger partial charge in [0.2, 0.25) is 0 Å². The number of rotatable bonds is 4. The average Bonchev–Trinajstić information content (AvgIpc) is 3.43. The number of phenolic OH excluding ortho intramolecular Hbond substituents is 1. The van der Waals surface area contributed by atoms with Gasteiger partial charge in [0, 0.05) is 15.6 Å². The van der Waals surface area contributed by atoms with E-state index in [0.717, 1.165) is 26.7 Å². The predicted octanol–water partition coefficient (Wildman–Crippen LogP) is 5.50. The lowest BCUT2D eigenvalue weighted by molar-refractivity contribution is 0.0717. The van der Waals surface area contributed by atoms with E-state index in [1.807, 2.05) is 56.3 Å². The molecule has 0 unspecified atom stereocenters. The Balaban J connectivity index is 1.70. The van der Waals surface area contributed by atoms with E-state index in [1.54, 1.807) is 17.2 Å². The van der Waals surface area contributed by atoms with E-state index in [2.05, 4.69) is 26.1 Å². The molecule has 0 saturated heterocycles. The highest BCUT2D eigenvalue weighted by Crippen LogP contribution is 2.46. The second-order valence-corrected chi connectivity index (χ2v) is 8.72. The lowest BCUT2D eigenvalue weighted by atomic mass is 9.93. The van der Waals surface area contributed by atoms with Gasteiger partial charge in [0.05, 0.1) is 18.8 Å². The Morgan fingerprint density at radius 1 is 1.19 bits per heavy atom. The molecule has 31 heavy (non-hydrogen) atoms. The third kappa shape index (κ3) is 3.25. The summed E-state index contributed by atoms with van der Waals surface area (Å²) < 4.78 is 6.48. The molecule has 5 rings (SSSR count). The first-order valence-corrected chi connectivity index (χ1v) is 10.7.